The number of aryl methyl sites for hydroxylation is 1. The fraction of sp³-hybridized carbons (Fsp3) is 0.381. The Hall–Kier alpha value is -2.39. The van der Waals surface area contributed by atoms with Crippen LogP contribution < -0.4 is 0 Å². The van der Waals surface area contributed by atoms with Crippen molar-refractivity contribution in [3.8, 4) is 11.4 Å². The van der Waals surface area contributed by atoms with E-state index in [1.165, 1.54) is 11.8 Å². The lowest BCUT2D eigenvalue weighted by atomic mass is 10.2. The maximum Gasteiger partial charge on any atom is 0.191 e. The maximum absolute atomic E-state index is 12.9. The molecule has 9 heteroatoms. The quantitative estimate of drug-likeness (QED) is 0.429. The molecule has 1 saturated heterocycles. The molecule has 1 aromatic carbocycles. The lowest BCUT2D eigenvalue weighted by Gasteiger charge is -2.16. The molecule has 1 aliphatic rings. The average molecular weight is 445 g/mol. The van der Waals surface area contributed by atoms with Crippen LogP contribution in [-0.4, -0.2) is 50.8 Å². The molecule has 7 nitrogen and oxygen atoms in total. The zero-order valence-electron chi connectivity index (χ0n) is 17.2. The van der Waals surface area contributed by atoms with Gasteiger partial charge in [0.1, 0.15) is 0 Å². The van der Waals surface area contributed by atoms with Crippen LogP contribution in [0.25, 0.3) is 11.4 Å². The van der Waals surface area contributed by atoms with Crippen LogP contribution in [0.5, 0.6) is 0 Å². The average Bonchev–Trinajstić information content (AvgIpc) is 3.35. The predicted octanol–water partition coefficient (Wildman–Crippen LogP) is 3.24. The van der Waals surface area contributed by atoms with E-state index < -0.39 is 9.84 Å². The van der Waals surface area contributed by atoms with E-state index in [-0.39, 0.29) is 29.1 Å². The molecule has 30 heavy (non-hydrogen) atoms. The summed E-state index contributed by atoms with van der Waals surface area (Å²) in [4.78, 5) is 12.9. The highest BCUT2D eigenvalue weighted by molar-refractivity contribution is 7.99. The summed E-state index contributed by atoms with van der Waals surface area (Å²) in [7, 11) is -1.10. The molecule has 0 amide bonds. The van der Waals surface area contributed by atoms with Gasteiger partial charge in [0.15, 0.2) is 26.6 Å². The maximum atomic E-state index is 12.9. The fourth-order valence-electron chi connectivity index (χ4n) is 4.09. The first kappa shape index (κ1) is 20.9. The van der Waals surface area contributed by atoms with Gasteiger partial charge in [-0.05, 0) is 26.3 Å². The van der Waals surface area contributed by atoms with Crippen molar-refractivity contribution >= 4 is 27.4 Å². The van der Waals surface area contributed by atoms with Gasteiger partial charge in [-0.2, -0.15) is 0 Å². The molecule has 0 N–H and O–H groups in total. The Balaban J connectivity index is 1.49. The second-order valence-electron chi connectivity index (χ2n) is 7.65. The largest absolute Gasteiger partial charge is 0.344 e. The Labute approximate surface area is 180 Å². The Kier molecular flexibility index (Phi) is 5.59. The molecular weight excluding hydrogens is 420 g/mol. The smallest absolute Gasteiger partial charge is 0.191 e. The zero-order valence-corrected chi connectivity index (χ0v) is 18.8. The summed E-state index contributed by atoms with van der Waals surface area (Å²) >= 11 is 1.36. The topological polar surface area (TPSA) is 86.8 Å². The third kappa shape index (κ3) is 3.96. The molecule has 0 bridgehead atoms. The summed E-state index contributed by atoms with van der Waals surface area (Å²) in [5, 5.41) is 9.17. The number of nitrogens with zero attached hydrogens (tertiary/aromatic N) is 4. The van der Waals surface area contributed by atoms with Crippen molar-refractivity contribution in [2.45, 2.75) is 31.5 Å². The van der Waals surface area contributed by atoms with Gasteiger partial charge in [0.25, 0.3) is 0 Å². The molecule has 4 rings (SSSR count). The number of rotatable bonds is 6. The molecule has 0 saturated carbocycles. The van der Waals surface area contributed by atoms with E-state index in [1.807, 2.05) is 66.4 Å². The van der Waals surface area contributed by atoms with Gasteiger partial charge in [-0.3, -0.25) is 4.79 Å². The minimum Gasteiger partial charge on any atom is -0.344 e. The van der Waals surface area contributed by atoms with Gasteiger partial charge in [0.2, 0.25) is 0 Å². The van der Waals surface area contributed by atoms with Gasteiger partial charge < -0.3 is 9.13 Å². The van der Waals surface area contributed by atoms with Crippen molar-refractivity contribution < 1.29 is 13.2 Å². The summed E-state index contributed by atoms with van der Waals surface area (Å²) < 4.78 is 27.7. The van der Waals surface area contributed by atoms with Crippen molar-refractivity contribution in [3.05, 3.63) is 53.3 Å². The molecule has 2 aromatic heterocycles. The highest BCUT2D eigenvalue weighted by atomic mass is 32.2. The lowest BCUT2D eigenvalue weighted by Crippen LogP contribution is -2.14. The second-order valence-corrected chi connectivity index (χ2v) is 10.8. The van der Waals surface area contributed by atoms with Crippen molar-refractivity contribution in [2.24, 2.45) is 7.05 Å². The number of carbonyl (C=O) groups excluding carboxylic acids is 1. The molecule has 3 heterocycles. The summed E-state index contributed by atoms with van der Waals surface area (Å²) in [5.41, 5.74) is 3.38. The summed E-state index contributed by atoms with van der Waals surface area (Å²) in [6.45, 7) is 3.82. The summed E-state index contributed by atoms with van der Waals surface area (Å²) in [6.07, 6.45) is 0.599. The fourth-order valence-corrected chi connectivity index (χ4v) is 6.58. The Morgan fingerprint density at radius 2 is 1.93 bits per heavy atom. The monoisotopic (exact) mass is 444 g/mol. The highest BCUT2D eigenvalue weighted by Gasteiger charge is 2.31. The molecule has 1 unspecified atom stereocenters. The normalized spacial score (nSPS) is 18.0. The first-order valence-electron chi connectivity index (χ1n) is 9.76. The number of carbonyl (C=O) groups is 1. The van der Waals surface area contributed by atoms with Crippen LogP contribution in [0, 0.1) is 13.8 Å². The molecule has 158 valence electrons. The van der Waals surface area contributed by atoms with E-state index in [2.05, 4.69) is 10.2 Å². The molecule has 1 atom stereocenters. The van der Waals surface area contributed by atoms with Crippen LogP contribution in [-0.2, 0) is 16.9 Å². The van der Waals surface area contributed by atoms with Crippen LogP contribution in [0.1, 0.15) is 34.2 Å². The minimum absolute atomic E-state index is 0.00413. The Morgan fingerprint density at radius 1 is 1.20 bits per heavy atom. The number of aromatic nitrogens is 4. The molecule has 1 aliphatic heterocycles. The number of hydrogen-bond acceptors (Lipinski definition) is 6. The molecular formula is C21H24N4O3S2. The van der Waals surface area contributed by atoms with Gasteiger partial charge in [-0.15, -0.1) is 10.2 Å². The van der Waals surface area contributed by atoms with E-state index in [0.717, 1.165) is 22.8 Å². The first-order valence-corrected chi connectivity index (χ1v) is 12.6. The predicted molar refractivity (Wildman–Crippen MR) is 118 cm³/mol. The lowest BCUT2D eigenvalue weighted by molar-refractivity contribution is 0.102. The third-order valence-electron chi connectivity index (χ3n) is 5.56. The van der Waals surface area contributed by atoms with Crippen LogP contribution >= 0.6 is 11.8 Å². The van der Waals surface area contributed by atoms with Crippen LogP contribution in [0.4, 0.5) is 0 Å². The van der Waals surface area contributed by atoms with Gasteiger partial charge in [0, 0.05) is 35.6 Å². The van der Waals surface area contributed by atoms with Crippen LogP contribution in [0.3, 0.4) is 0 Å². The number of benzene rings is 1. The first-order chi connectivity index (χ1) is 14.3. The highest BCUT2D eigenvalue weighted by Crippen LogP contribution is 2.30. The molecule has 3 aromatic rings. The van der Waals surface area contributed by atoms with Gasteiger partial charge in [0.05, 0.1) is 17.3 Å². The molecule has 0 aliphatic carbocycles. The van der Waals surface area contributed by atoms with Crippen molar-refractivity contribution in [2.75, 3.05) is 17.3 Å². The molecule has 0 radical (unpaired) electrons. The number of hydrogen-bond donors (Lipinski definition) is 0. The Bertz CT molecular complexity index is 1200. The number of ketones is 1. The van der Waals surface area contributed by atoms with E-state index in [1.54, 1.807) is 0 Å². The zero-order chi connectivity index (χ0) is 21.5. The van der Waals surface area contributed by atoms with Crippen molar-refractivity contribution in [3.63, 3.8) is 0 Å². The number of Topliss-reactive ketones (excluding diaryl/α,β-unsaturated/α-hetero) is 1. The van der Waals surface area contributed by atoms with E-state index in [9.17, 15) is 13.2 Å². The van der Waals surface area contributed by atoms with Gasteiger partial charge in [-0.1, -0.05) is 42.1 Å². The second kappa shape index (κ2) is 8.03. The number of sulfone groups is 1. The van der Waals surface area contributed by atoms with Crippen molar-refractivity contribution in [1.29, 1.82) is 0 Å². The summed E-state index contributed by atoms with van der Waals surface area (Å²) in [6, 6.07) is 11.6. The molecule has 1 fully saturated rings. The van der Waals surface area contributed by atoms with Crippen molar-refractivity contribution in [1.82, 2.24) is 19.3 Å². The SMILES string of the molecule is Cc1cc(C(=O)CSc2nnc(-c3ccccc3)n2C)c(C)n1C1CCS(=O)(=O)C1. The molecule has 0 spiro atoms. The van der Waals surface area contributed by atoms with Gasteiger partial charge >= 0.3 is 0 Å². The van der Waals surface area contributed by atoms with E-state index in [4.69, 9.17) is 0 Å². The van der Waals surface area contributed by atoms with E-state index in [0.29, 0.717) is 17.1 Å². The number of thioether (sulfide) groups is 1. The van der Waals surface area contributed by atoms with E-state index >= 15 is 0 Å². The Morgan fingerprint density at radius 3 is 2.60 bits per heavy atom. The standard InChI is InChI=1S/C21H24N4O3S2/c1-14-11-18(15(2)25(14)17-9-10-30(27,28)13-17)19(26)12-29-21-23-22-20(24(21)3)16-7-5-4-6-8-16/h4-8,11,17H,9-10,12-13H2,1-3H3. The minimum atomic E-state index is -2.99. The third-order valence-corrected chi connectivity index (χ3v) is 8.33. The van der Waals surface area contributed by atoms with Gasteiger partial charge in [-0.25, -0.2) is 8.42 Å². The van der Waals surface area contributed by atoms with Crippen LogP contribution in [0.2, 0.25) is 0 Å². The van der Waals surface area contributed by atoms with Crippen LogP contribution in [0.15, 0.2) is 41.6 Å². The summed E-state index contributed by atoms with van der Waals surface area (Å²) in [5.74, 6) is 1.36.